The molecule has 0 radical (unpaired) electrons. The van der Waals surface area contributed by atoms with Crippen LogP contribution in [0.2, 0.25) is 0 Å². The molecule has 0 aromatic carbocycles. The highest BCUT2D eigenvalue weighted by molar-refractivity contribution is 5.54. The normalized spacial score (nSPS) is 20.8. The summed E-state index contributed by atoms with van der Waals surface area (Å²) in [6.45, 7) is 1.89. The van der Waals surface area contributed by atoms with E-state index < -0.39 is 0 Å². The van der Waals surface area contributed by atoms with Gasteiger partial charge in [-0.2, -0.15) is 4.99 Å². The van der Waals surface area contributed by atoms with Crippen LogP contribution in [0.3, 0.4) is 0 Å². The maximum Gasteiger partial charge on any atom is 0.235 e. The number of rotatable bonds is 3. The van der Waals surface area contributed by atoms with Crippen molar-refractivity contribution in [2.75, 3.05) is 0 Å². The van der Waals surface area contributed by atoms with Gasteiger partial charge in [0.05, 0.1) is 6.04 Å². The molecule has 0 fully saturated rings. The number of hydrogen-bond donors (Lipinski definition) is 1. The molecule has 1 atom stereocenters. The first-order valence-corrected chi connectivity index (χ1v) is 3.94. The van der Waals surface area contributed by atoms with Crippen molar-refractivity contribution in [2.24, 2.45) is 4.99 Å². The van der Waals surface area contributed by atoms with E-state index in [-0.39, 0.29) is 6.04 Å². The fourth-order valence-electron chi connectivity index (χ4n) is 1.18. The van der Waals surface area contributed by atoms with Crippen LogP contribution in [0.5, 0.6) is 0 Å². The van der Waals surface area contributed by atoms with Gasteiger partial charge in [0, 0.05) is 5.70 Å². The van der Waals surface area contributed by atoms with E-state index in [1.165, 1.54) is 6.08 Å². The quantitative estimate of drug-likeness (QED) is 0.392. The van der Waals surface area contributed by atoms with Gasteiger partial charge >= 0.3 is 0 Å². The molecule has 1 amide bonds. The predicted molar refractivity (Wildman–Crippen MR) is 47.6 cm³/mol. The van der Waals surface area contributed by atoms with E-state index in [0.717, 1.165) is 5.57 Å². The van der Waals surface area contributed by atoms with Gasteiger partial charge in [0.15, 0.2) is 0 Å². The molecule has 1 aliphatic carbocycles. The van der Waals surface area contributed by atoms with Crippen molar-refractivity contribution in [1.29, 1.82) is 0 Å². The van der Waals surface area contributed by atoms with Gasteiger partial charge in [0.1, 0.15) is 0 Å². The average Bonchev–Trinajstić information content (AvgIpc) is 2.12. The molecule has 68 valence electrons. The lowest BCUT2D eigenvalue weighted by molar-refractivity contribution is -0.108. The van der Waals surface area contributed by atoms with Crippen LogP contribution in [0.1, 0.15) is 13.3 Å². The molecule has 4 nitrogen and oxygen atoms in total. The fourth-order valence-corrected chi connectivity index (χ4v) is 1.18. The second kappa shape index (κ2) is 4.38. The third kappa shape index (κ3) is 2.39. The van der Waals surface area contributed by atoms with E-state index >= 15 is 0 Å². The Hall–Kier alpha value is -1.67. The Labute approximate surface area is 76.0 Å². The number of isocyanates is 1. The minimum atomic E-state index is -0.191. The third-order valence-corrected chi connectivity index (χ3v) is 1.88. The van der Waals surface area contributed by atoms with E-state index in [4.69, 9.17) is 0 Å². The number of amides is 1. The summed E-state index contributed by atoms with van der Waals surface area (Å²) >= 11 is 0. The lowest BCUT2D eigenvalue weighted by atomic mass is 10.0. The Morgan fingerprint density at radius 2 is 2.54 bits per heavy atom. The highest BCUT2D eigenvalue weighted by atomic mass is 16.1. The highest BCUT2D eigenvalue weighted by Gasteiger charge is 2.11. The molecule has 1 aliphatic rings. The topological polar surface area (TPSA) is 58.5 Å². The number of nitrogens with one attached hydrogen (secondary N) is 1. The zero-order valence-corrected chi connectivity index (χ0v) is 7.28. The zero-order chi connectivity index (χ0) is 9.68. The van der Waals surface area contributed by atoms with Crippen LogP contribution in [-0.4, -0.2) is 18.5 Å². The summed E-state index contributed by atoms with van der Waals surface area (Å²) in [6, 6.07) is -0.191. The van der Waals surface area contributed by atoms with Gasteiger partial charge in [-0.15, -0.1) is 0 Å². The van der Waals surface area contributed by atoms with Gasteiger partial charge in [0.2, 0.25) is 12.5 Å². The average molecular weight is 178 g/mol. The summed E-state index contributed by atoms with van der Waals surface area (Å²) in [5.74, 6) is 0. The van der Waals surface area contributed by atoms with Crippen molar-refractivity contribution >= 4 is 12.5 Å². The van der Waals surface area contributed by atoms with Gasteiger partial charge in [-0.3, -0.25) is 4.79 Å². The monoisotopic (exact) mass is 178 g/mol. The van der Waals surface area contributed by atoms with Crippen molar-refractivity contribution in [3.05, 3.63) is 23.4 Å². The van der Waals surface area contributed by atoms with Crippen LogP contribution in [0.25, 0.3) is 0 Å². The molecule has 0 heterocycles. The zero-order valence-electron chi connectivity index (χ0n) is 7.28. The van der Waals surface area contributed by atoms with Crippen molar-refractivity contribution in [2.45, 2.75) is 19.4 Å². The number of allylic oxidation sites excluding steroid dienone is 1. The van der Waals surface area contributed by atoms with Crippen LogP contribution >= 0.6 is 0 Å². The van der Waals surface area contributed by atoms with Gasteiger partial charge in [0.25, 0.3) is 0 Å². The lowest BCUT2D eigenvalue weighted by Gasteiger charge is -2.14. The van der Waals surface area contributed by atoms with Crippen LogP contribution in [0.15, 0.2) is 28.4 Å². The Bertz CT molecular complexity index is 312. The van der Waals surface area contributed by atoms with Crippen LogP contribution in [0, 0.1) is 0 Å². The van der Waals surface area contributed by atoms with Gasteiger partial charge in [-0.1, -0.05) is 6.08 Å². The van der Waals surface area contributed by atoms with Gasteiger partial charge < -0.3 is 5.32 Å². The van der Waals surface area contributed by atoms with Crippen molar-refractivity contribution in [3.8, 4) is 0 Å². The SMILES string of the molecule is CC1=CCC(N=C=O)C=C1NC=O. The maximum atomic E-state index is 10.2. The van der Waals surface area contributed by atoms with E-state index in [1.807, 2.05) is 13.0 Å². The van der Waals surface area contributed by atoms with Crippen LogP contribution in [-0.2, 0) is 9.59 Å². The minimum absolute atomic E-state index is 0.191. The van der Waals surface area contributed by atoms with E-state index in [9.17, 15) is 9.59 Å². The molecule has 1 unspecified atom stereocenters. The lowest BCUT2D eigenvalue weighted by Crippen LogP contribution is -2.17. The number of carbonyl (C=O) groups excluding carboxylic acids is 2. The molecular formula is C9H10N2O2. The van der Waals surface area contributed by atoms with Crippen molar-refractivity contribution in [3.63, 3.8) is 0 Å². The molecule has 0 saturated carbocycles. The summed E-state index contributed by atoms with van der Waals surface area (Å²) in [4.78, 5) is 23.8. The molecule has 0 aromatic heterocycles. The Morgan fingerprint density at radius 3 is 3.15 bits per heavy atom. The highest BCUT2D eigenvalue weighted by Crippen LogP contribution is 2.17. The van der Waals surface area contributed by atoms with Crippen molar-refractivity contribution < 1.29 is 9.59 Å². The second-order valence-electron chi connectivity index (χ2n) is 2.75. The van der Waals surface area contributed by atoms with Crippen LogP contribution < -0.4 is 5.32 Å². The first-order valence-electron chi connectivity index (χ1n) is 3.94. The number of carbonyl (C=O) groups is 1. The van der Waals surface area contributed by atoms with Crippen LogP contribution in [0.4, 0.5) is 0 Å². The largest absolute Gasteiger partial charge is 0.329 e. The molecule has 0 bridgehead atoms. The summed E-state index contributed by atoms with van der Waals surface area (Å²) < 4.78 is 0. The van der Waals surface area contributed by atoms with E-state index in [2.05, 4.69) is 10.3 Å². The molecule has 0 spiro atoms. The summed E-state index contributed by atoms with van der Waals surface area (Å²) in [5.41, 5.74) is 1.70. The van der Waals surface area contributed by atoms with Crippen molar-refractivity contribution in [1.82, 2.24) is 5.32 Å². The first-order chi connectivity index (χ1) is 6.27. The van der Waals surface area contributed by atoms with Gasteiger partial charge in [-0.05, 0) is 25.0 Å². The number of aliphatic imine (C=N–C) groups is 1. The Kier molecular flexibility index (Phi) is 3.17. The fraction of sp³-hybridized carbons (Fsp3) is 0.333. The number of hydrogen-bond acceptors (Lipinski definition) is 3. The predicted octanol–water partition coefficient (Wildman–Crippen LogP) is 0.671. The molecule has 1 rings (SSSR count). The van der Waals surface area contributed by atoms with E-state index in [0.29, 0.717) is 18.5 Å². The molecular weight excluding hydrogens is 168 g/mol. The second-order valence-corrected chi connectivity index (χ2v) is 2.75. The summed E-state index contributed by atoms with van der Waals surface area (Å²) in [5, 5.41) is 2.55. The standard InChI is InChI=1S/C9H10N2O2/c1-7-2-3-8(10-5-12)4-9(7)11-6-13/h2,4,6,8H,3H2,1H3,(H,11,13). The molecule has 0 saturated heterocycles. The van der Waals surface area contributed by atoms with Gasteiger partial charge in [-0.25, -0.2) is 4.79 Å². The maximum absolute atomic E-state index is 10.2. The Morgan fingerprint density at radius 1 is 1.77 bits per heavy atom. The third-order valence-electron chi connectivity index (χ3n) is 1.88. The summed E-state index contributed by atoms with van der Waals surface area (Å²) in [7, 11) is 0. The Balaban J connectivity index is 2.80. The van der Waals surface area contributed by atoms with E-state index in [1.54, 1.807) is 6.08 Å². The molecule has 13 heavy (non-hydrogen) atoms. The molecule has 1 N–H and O–H groups in total. The molecule has 0 aromatic rings. The molecule has 0 aliphatic heterocycles. The number of nitrogens with zero attached hydrogens (tertiary/aromatic N) is 1. The summed E-state index contributed by atoms with van der Waals surface area (Å²) in [6.07, 6.45) is 6.47. The smallest absolute Gasteiger partial charge is 0.235 e. The molecule has 4 heteroatoms. The first kappa shape index (κ1) is 9.42. The minimum Gasteiger partial charge on any atom is -0.329 e.